The molecule has 0 saturated carbocycles. The first-order valence-corrected chi connectivity index (χ1v) is 11.9. The number of halogens is 1. The predicted molar refractivity (Wildman–Crippen MR) is 138 cm³/mol. The third kappa shape index (κ3) is 4.61. The van der Waals surface area contributed by atoms with E-state index in [1.54, 1.807) is 7.11 Å². The zero-order valence-corrected chi connectivity index (χ0v) is 20.3. The number of aromatic nitrogens is 2. The number of carbonyl (C=O) groups excluding carboxylic acids is 1. The molecule has 0 unspecified atom stereocenters. The molecule has 33 heavy (non-hydrogen) atoms. The van der Waals surface area contributed by atoms with Crippen LogP contribution in [0.4, 0.5) is 5.82 Å². The zero-order valence-electron chi connectivity index (χ0n) is 18.1. The maximum Gasteiger partial charge on any atom is 0.230 e. The van der Waals surface area contributed by atoms with Gasteiger partial charge >= 0.3 is 0 Å². The van der Waals surface area contributed by atoms with Gasteiger partial charge in [-0.25, -0.2) is 9.97 Å². The van der Waals surface area contributed by atoms with Crippen LogP contribution in [0.25, 0.3) is 22.5 Å². The van der Waals surface area contributed by atoms with E-state index in [1.165, 1.54) is 5.56 Å². The molecule has 1 aliphatic carbocycles. The van der Waals surface area contributed by atoms with Gasteiger partial charge in [0.25, 0.3) is 0 Å². The highest BCUT2D eigenvalue weighted by Crippen LogP contribution is 2.37. The molecule has 0 atom stereocenters. The Balaban J connectivity index is 1.53. The predicted octanol–water partition coefficient (Wildman–Crippen LogP) is 5.70. The monoisotopic (exact) mass is 547 g/mol. The molecule has 1 amide bonds. The van der Waals surface area contributed by atoms with Crippen molar-refractivity contribution in [2.75, 3.05) is 12.4 Å². The minimum Gasteiger partial charge on any atom is -0.497 e. The molecule has 1 aromatic heterocycles. The second-order valence-corrected chi connectivity index (χ2v) is 9.20. The lowest BCUT2D eigenvalue weighted by atomic mass is 9.91. The normalized spacial score (nSPS) is 11.9. The van der Waals surface area contributed by atoms with Gasteiger partial charge in [-0.2, -0.15) is 0 Å². The van der Waals surface area contributed by atoms with Crippen molar-refractivity contribution >= 4 is 34.3 Å². The molecular weight excluding hydrogens is 525 g/mol. The fourth-order valence-electron chi connectivity index (χ4n) is 4.10. The molecular formula is C27H22IN3O2. The molecule has 6 heteroatoms. The smallest absolute Gasteiger partial charge is 0.230 e. The van der Waals surface area contributed by atoms with E-state index in [9.17, 15) is 4.79 Å². The number of anilines is 1. The van der Waals surface area contributed by atoms with Gasteiger partial charge in [-0.15, -0.1) is 0 Å². The van der Waals surface area contributed by atoms with Gasteiger partial charge in [0.2, 0.25) is 5.91 Å². The molecule has 0 bridgehead atoms. The van der Waals surface area contributed by atoms with Crippen molar-refractivity contribution < 1.29 is 9.53 Å². The summed E-state index contributed by atoms with van der Waals surface area (Å²) in [6.07, 6.45) is 1.90. The number of amides is 1. The number of nitrogens with one attached hydrogen (secondary N) is 1. The number of hydrogen-bond acceptors (Lipinski definition) is 4. The highest BCUT2D eigenvalue weighted by Gasteiger charge is 2.23. The Hall–Kier alpha value is -3.26. The third-order valence-corrected chi connectivity index (χ3v) is 6.47. The number of aryl methyl sites for hydroxylation is 2. The second-order valence-electron chi connectivity index (χ2n) is 7.96. The Bertz CT molecular complexity index is 1320. The highest BCUT2D eigenvalue weighted by atomic mass is 127. The number of benzene rings is 3. The summed E-state index contributed by atoms with van der Waals surface area (Å²) in [4.78, 5) is 22.8. The topological polar surface area (TPSA) is 64.1 Å². The number of hydrogen-bond donors (Lipinski definition) is 1. The summed E-state index contributed by atoms with van der Waals surface area (Å²) in [5, 5.41) is 3.03. The van der Waals surface area contributed by atoms with Gasteiger partial charge in [-0.1, -0.05) is 42.5 Å². The van der Waals surface area contributed by atoms with Crippen molar-refractivity contribution in [3.8, 4) is 28.3 Å². The summed E-state index contributed by atoms with van der Waals surface area (Å²) in [7, 11) is 1.68. The van der Waals surface area contributed by atoms with E-state index in [0.29, 0.717) is 11.5 Å². The van der Waals surface area contributed by atoms with E-state index in [2.05, 4.69) is 34.0 Å². The Morgan fingerprint density at radius 3 is 2.52 bits per heavy atom. The maximum absolute atomic E-state index is 12.9. The molecule has 0 spiro atoms. The molecule has 164 valence electrons. The van der Waals surface area contributed by atoms with Crippen LogP contribution in [0.3, 0.4) is 0 Å². The molecule has 5 nitrogen and oxygen atoms in total. The van der Waals surface area contributed by atoms with Crippen LogP contribution in [0.2, 0.25) is 0 Å². The van der Waals surface area contributed by atoms with Crippen LogP contribution >= 0.6 is 22.6 Å². The molecule has 4 aromatic rings. The molecule has 1 heterocycles. The van der Waals surface area contributed by atoms with Gasteiger partial charge < -0.3 is 10.1 Å². The first-order valence-electron chi connectivity index (χ1n) is 10.8. The van der Waals surface area contributed by atoms with Crippen LogP contribution in [0.15, 0.2) is 72.8 Å². The van der Waals surface area contributed by atoms with Gasteiger partial charge in [-0.3, -0.25) is 4.79 Å². The molecule has 0 radical (unpaired) electrons. The SMILES string of the molecule is COc1ccc2c(c1)CCc1nc(NC(=O)Cc3ccc(I)cc3)c(-c3ccccc3)nc1-2. The lowest BCUT2D eigenvalue weighted by Gasteiger charge is -2.21. The number of ether oxygens (including phenoxy) is 1. The average Bonchev–Trinajstić information content (AvgIpc) is 2.85. The minimum atomic E-state index is -0.108. The van der Waals surface area contributed by atoms with Gasteiger partial charge in [0.15, 0.2) is 5.82 Å². The van der Waals surface area contributed by atoms with Gasteiger partial charge in [0.05, 0.1) is 24.9 Å². The highest BCUT2D eigenvalue weighted by molar-refractivity contribution is 14.1. The summed E-state index contributed by atoms with van der Waals surface area (Å²) < 4.78 is 6.54. The van der Waals surface area contributed by atoms with Crippen LogP contribution in [-0.2, 0) is 24.1 Å². The van der Waals surface area contributed by atoms with E-state index < -0.39 is 0 Å². The minimum absolute atomic E-state index is 0.108. The standard InChI is InChI=1S/C27H22IN3O2/c1-33-21-12-13-22-19(16-21)9-14-23-26(22)31-25(18-5-3-2-4-6-18)27(29-23)30-24(32)15-17-7-10-20(28)11-8-17/h2-8,10-13,16H,9,14-15H2,1H3,(H,29,30,32). The molecule has 5 rings (SSSR count). The Labute approximate surface area is 206 Å². The first-order chi connectivity index (χ1) is 16.1. The fourth-order valence-corrected chi connectivity index (χ4v) is 4.46. The van der Waals surface area contributed by atoms with Crippen molar-refractivity contribution in [2.45, 2.75) is 19.3 Å². The van der Waals surface area contributed by atoms with Crippen molar-refractivity contribution in [1.82, 2.24) is 9.97 Å². The van der Waals surface area contributed by atoms with Crippen molar-refractivity contribution in [1.29, 1.82) is 0 Å². The first kappa shape index (κ1) is 21.6. The van der Waals surface area contributed by atoms with Crippen LogP contribution < -0.4 is 10.1 Å². The summed E-state index contributed by atoms with van der Waals surface area (Å²) in [6, 6.07) is 23.9. The second kappa shape index (κ2) is 9.31. The van der Waals surface area contributed by atoms with Crippen LogP contribution in [-0.4, -0.2) is 23.0 Å². The van der Waals surface area contributed by atoms with Crippen LogP contribution in [0.5, 0.6) is 5.75 Å². The lowest BCUT2D eigenvalue weighted by Crippen LogP contribution is -2.19. The molecule has 0 aliphatic heterocycles. The summed E-state index contributed by atoms with van der Waals surface area (Å²) in [6.45, 7) is 0. The van der Waals surface area contributed by atoms with Crippen molar-refractivity contribution in [3.63, 3.8) is 0 Å². The van der Waals surface area contributed by atoms with Crippen LogP contribution in [0, 0.1) is 3.57 Å². The molecule has 3 aromatic carbocycles. The lowest BCUT2D eigenvalue weighted by molar-refractivity contribution is -0.115. The summed E-state index contributed by atoms with van der Waals surface area (Å²) in [5.74, 6) is 1.24. The summed E-state index contributed by atoms with van der Waals surface area (Å²) >= 11 is 2.26. The number of fused-ring (bicyclic) bond motifs is 3. The van der Waals surface area contributed by atoms with Crippen molar-refractivity contribution in [2.24, 2.45) is 0 Å². The number of methoxy groups -OCH3 is 1. The van der Waals surface area contributed by atoms with Gasteiger partial charge in [0, 0.05) is 14.7 Å². The van der Waals surface area contributed by atoms with E-state index in [1.807, 2.05) is 66.7 Å². The maximum atomic E-state index is 12.9. The Morgan fingerprint density at radius 1 is 0.970 bits per heavy atom. The average molecular weight is 547 g/mol. The number of rotatable bonds is 5. The molecule has 0 saturated heterocycles. The van der Waals surface area contributed by atoms with E-state index in [0.717, 1.165) is 50.2 Å². The molecule has 1 N–H and O–H groups in total. The Morgan fingerprint density at radius 2 is 1.76 bits per heavy atom. The Kier molecular flexibility index (Phi) is 6.09. The number of nitrogens with zero attached hydrogens (tertiary/aromatic N) is 2. The van der Waals surface area contributed by atoms with Crippen molar-refractivity contribution in [3.05, 3.63) is 93.2 Å². The molecule has 1 aliphatic rings. The molecule has 0 fully saturated rings. The van der Waals surface area contributed by atoms with E-state index in [4.69, 9.17) is 14.7 Å². The number of carbonyl (C=O) groups is 1. The summed E-state index contributed by atoms with van der Waals surface area (Å²) in [5.41, 5.74) is 6.59. The van der Waals surface area contributed by atoms with Gasteiger partial charge in [0.1, 0.15) is 11.4 Å². The van der Waals surface area contributed by atoms with E-state index in [-0.39, 0.29) is 12.3 Å². The quantitative estimate of drug-likeness (QED) is 0.326. The van der Waals surface area contributed by atoms with Crippen LogP contribution in [0.1, 0.15) is 16.8 Å². The largest absolute Gasteiger partial charge is 0.497 e. The van der Waals surface area contributed by atoms with E-state index >= 15 is 0 Å². The zero-order chi connectivity index (χ0) is 22.8. The fraction of sp³-hybridized carbons (Fsp3) is 0.148. The van der Waals surface area contributed by atoms with Gasteiger partial charge in [-0.05, 0) is 76.9 Å². The third-order valence-electron chi connectivity index (χ3n) is 5.75.